The van der Waals surface area contributed by atoms with Gasteiger partial charge >= 0.3 is 0 Å². The number of methoxy groups -OCH3 is 2. The predicted octanol–water partition coefficient (Wildman–Crippen LogP) is 3.38. The van der Waals surface area contributed by atoms with Crippen molar-refractivity contribution in [3.63, 3.8) is 0 Å². The summed E-state index contributed by atoms with van der Waals surface area (Å²) in [5.74, 6) is 1.99. The number of aromatic nitrogens is 2. The Balaban J connectivity index is 2.43. The Morgan fingerprint density at radius 1 is 1.19 bits per heavy atom. The first kappa shape index (κ1) is 15.5. The maximum atomic E-state index is 6.16. The summed E-state index contributed by atoms with van der Waals surface area (Å²) in [5.41, 5.74) is 1.64. The fourth-order valence-corrected chi connectivity index (χ4v) is 2.18. The van der Waals surface area contributed by atoms with E-state index in [2.05, 4.69) is 15.3 Å². The van der Waals surface area contributed by atoms with E-state index in [1.165, 1.54) is 0 Å². The summed E-state index contributed by atoms with van der Waals surface area (Å²) in [6, 6.07) is 7.35. The van der Waals surface area contributed by atoms with E-state index in [9.17, 15) is 0 Å². The van der Waals surface area contributed by atoms with Crippen molar-refractivity contribution in [2.24, 2.45) is 0 Å². The topological polar surface area (TPSA) is 56.3 Å². The number of nitrogens with zero attached hydrogens (tertiary/aromatic N) is 2. The molecule has 0 amide bonds. The van der Waals surface area contributed by atoms with Crippen molar-refractivity contribution in [2.75, 3.05) is 26.1 Å². The molecule has 0 aliphatic heterocycles. The molecule has 0 saturated heterocycles. The largest absolute Gasteiger partial charge is 0.495 e. The van der Waals surface area contributed by atoms with Crippen molar-refractivity contribution in [3.8, 4) is 17.1 Å². The quantitative estimate of drug-likeness (QED) is 0.886. The van der Waals surface area contributed by atoms with Crippen LogP contribution in [-0.2, 0) is 11.3 Å². The first-order valence-electron chi connectivity index (χ1n) is 6.62. The molecule has 2 rings (SSSR count). The van der Waals surface area contributed by atoms with E-state index >= 15 is 0 Å². The lowest BCUT2D eigenvalue weighted by atomic mass is 10.2. The Labute approximate surface area is 129 Å². The Kier molecular flexibility index (Phi) is 5.36. The van der Waals surface area contributed by atoms with Crippen molar-refractivity contribution < 1.29 is 9.47 Å². The van der Waals surface area contributed by atoms with Crippen LogP contribution >= 0.6 is 11.6 Å². The second-order valence-corrected chi connectivity index (χ2v) is 4.79. The zero-order chi connectivity index (χ0) is 15.2. The number of hydrogen-bond acceptors (Lipinski definition) is 5. The van der Waals surface area contributed by atoms with Gasteiger partial charge in [-0.1, -0.05) is 11.6 Å². The number of benzene rings is 1. The average Bonchev–Trinajstić information content (AvgIpc) is 2.47. The Morgan fingerprint density at radius 2 is 2.00 bits per heavy atom. The number of ether oxygens (including phenoxy) is 2. The molecule has 0 aliphatic rings. The molecule has 0 radical (unpaired) electrons. The van der Waals surface area contributed by atoms with Gasteiger partial charge in [-0.2, -0.15) is 0 Å². The molecule has 0 bridgehead atoms. The van der Waals surface area contributed by atoms with Gasteiger partial charge in [0.15, 0.2) is 5.82 Å². The van der Waals surface area contributed by atoms with E-state index in [0.717, 1.165) is 23.6 Å². The fraction of sp³-hybridized carbons (Fsp3) is 0.333. The molecule has 1 aromatic heterocycles. The molecule has 1 aromatic carbocycles. The Hall–Kier alpha value is -1.85. The Bertz CT molecular complexity index is 596. The van der Waals surface area contributed by atoms with Crippen LogP contribution < -0.4 is 10.1 Å². The van der Waals surface area contributed by atoms with Crippen molar-refractivity contribution in [2.45, 2.75) is 13.5 Å². The minimum atomic E-state index is 0.428. The summed E-state index contributed by atoms with van der Waals surface area (Å²) in [6.07, 6.45) is 0. The maximum absolute atomic E-state index is 6.16. The SMILES string of the molecule is CCNc1cc(COC)nc(-c2ccc(OC)c(Cl)c2)n1. The van der Waals surface area contributed by atoms with Gasteiger partial charge in [0.05, 0.1) is 24.4 Å². The van der Waals surface area contributed by atoms with Crippen LogP contribution in [0.3, 0.4) is 0 Å². The highest BCUT2D eigenvalue weighted by molar-refractivity contribution is 6.32. The van der Waals surface area contributed by atoms with Gasteiger partial charge in [-0.25, -0.2) is 9.97 Å². The van der Waals surface area contributed by atoms with Crippen molar-refractivity contribution in [1.29, 1.82) is 0 Å². The average molecular weight is 308 g/mol. The van der Waals surface area contributed by atoms with Crippen LogP contribution in [0.4, 0.5) is 5.82 Å². The summed E-state index contributed by atoms with van der Waals surface area (Å²) in [6.45, 7) is 3.23. The molecule has 1 N–H and O–H groups in total. The van der Waals surface area contributed by atoms with Crippen molar-refractivity contribution >= 4 is 17.4 Å². The lowest BCUT2D eigenvalue weighted by Gasteiger charge is -2.10. The van der Waals surface area contributed by atoms with Crippen LogP contribution in [0.2, 0.25) is 5.02 Å². The molecular formula is C15H18ClN3O2. The van der Waals surface area contributed by atoms with E-state index in [1.807, 2.05) is 19.1 Å². The minimum absolute atomic E-state index is 0.428. The van der Waals surface area contributed by atoms with Crippen LogP contribution in [0.5, 0.6) is 5.75 Å². The van der Waals surface area contributed by atoms with Crippen LogP contribution in [-0.4, -0.2) is 30.7 Å². The van der Waals surface area contributed by atoms with Crippen LogP contribution in [0.1, 0.15) is 12.6 Å². The van der Waals surface area contributed by atoms with E-state index in [4.69, 9.17) is 21.1 Å². The molecule has 6 heteroatoms. The number of rotatable bonds is 6. The molecule has 0 atom stereocenters. The fourth-order valence-electron chi connectivity index (χ4n) is 1.93. The zero-order valence-electron chi connectivity index (χ0n) is 12.3. The predicted molar refractivity (Wildman–Crippen MR) is 83.9 cm³/mol. The second kappa shape index (κ2) is 7.24. The smallest absolute Gasteiger partial charge is 0.161 e. The molecule has 5 nitrogen and oxygen atoms in total. The molecule has 0 fully saturated rings. The van der Waals surface area contributed by atoms with Crippen molar-refractivity contribution in [1.82, 2.24) is 9.97 Å². The highest BCUT2D eigenvalue weighted by Gasteiger charge is 2.09. The highest BCUT2D eigenvalue weighted by Crippen LogP contribution is 2.29. The second-order valence-electron chi connectivity index (χ2n) is 4.38. The molecule has 1 heterocycles. The molecule has 112 valence electrons. The summed E-state index contributed by atoms with van der Waals surface area (Å²) in [4.78, 5) is 8.99. The van der Waals surface area contributed by atoms with Crippen molar-refractivity contribution in [3.05, 3.63) is 35.0 Å². The molecule has 0 aliphatic carbocycles. The Morgan fingerprint density at radius 3 is 2.62 bits per heavy atom. The molecule has 0 unspecified atom stereocenters. The summed E-state index contributed by atoms with van der Waals surface area (Å²) < 4.78 is 10.3. The van der Waals surface area contributed by atoms with Crippen LogP contribution in [0.25, 0.3) is 11.4 Å². The molecule has 0 spiro atoms. The van der Waals surface area contributed by atoms with Gasteiger partial charge in [-0.15, -0.1) is 0 Å². The summed E-state index contributed by atoms with van der Waals surface area (Å²) >= 11 is 6.16. The molecule has 21 heavy (non-hydrogen) atoms. The highest BCUT2D eigenvalue weighted by atomic mass is 35.5. The standard InChI is InChI=1S/C15H18ClN3O2/c1-4-17-14-8-11(9-20-2)18-15(19-14)10-5-6-13(21-3)12(16)7-10/h5-8H,4,9H2,1-3H3,(H,17,18,19). The normalized spacial score (nSPS) is 10.5. The van der Waals surface area contributed by atoms with Gasteiger partial charge in [-0.05, 0) is 25.1 Å². The number of halogens is 1. The maximum Gasteiger partial charge on any atom is 0.161 e. The summed E-state index contributed by atoms with van der Waals surface area (Å²) in [5, 5.41) is 3.72. The van der Waals surface area contributed by atoms with E-state index in [0.29, 0.717) is 23.2 Å². The first-order chi connectivity index (χ1) is 10.2. The zero-order valence-corrected chi connectivity index (χ0v) is 13.1. The minimum Gasteiger partial charge on any atom is -0.495 e. The van der Waals surface area contributed by atoms with Crippen LogP contribution in [0.15, 0.2) is 24.3 Å². The van der Waals surface area contributed by atoms with E-state index in [-0.39, 0.29) is 0 Å². The van der Waals surface area contributed by atoms with Gasteiger partial charge in [0.1, 0.15) is 11.6 Å². The van der Waals surface area contributed by atoms with Gasteiger partial charge in [-0.3, -0.25) is 0 Å². The monoisotopic (exact) mass is 307 g/mol. The first-order valence-corrected chi connectivity index (χ1v) is 7.00. The van der Waals surface area contributed by atoms with Crippen LogP contribution in [0, 0.1) is 0 Å². The van der Waals surface area contributed by atoms with Gasteiger partial charge in [0, 0.05) is 25.3 Å². The number of anilines is 1. The molecule has 2 aromatic rings. The molecular weight excluding hydrogens is 290 g/mol. The van der Waals surface area contributed by atoms with Gasteiger partial charge in [0.25, 0.3) is 0 Å². The molecule has 0 saturated carbocycles. The van der Waals surface area contributed by atoms with Gasteiger partial charge < -0.3 is 14.8 Å². The van der Waals surface area contributed by atoms with Gasteiger partial charge in [0.2, 0.25) is 0 Å². The third-order valence-corrected chi connectivity index (χ3v) is 3.13. The number of nitrogens with one attached hydrogen (secondary N) is 1. The third-order valence-electron chi connectivity index (χ3n) is 2.84. The number of hydrogen-bond donors (Lipinski definition) is 1. The summed E-state index contributed by atoms with van der Waals surface area (Å²) in [7, 11) is 3.22. The third kappa shape index (κ3) is 3.83. The lowest BCUT2D eigenvalue weighted by molar-refractivity contribution is 0.181. The van der Waals surface area contributed by atoms with E-state index in [1.54, 1.807) is 26.4 Å². The van der Waals surface area contributed by atoms with E-state index < -0.39 is 0 Å². The lowest BCUT2D eigenvalue weighted by Crippen LogP contribution is -2.04.